The smallest absolute Gasteiger partial charge is 0.306 e. The van der Waals surface area contributed by atoms with Gasteiger partial charge in [0, 0.05) is 19.3 Å². The second kappa shape index (κ2) is 49.8. The van der Waals surface area contributed by atoms with E-state index in [0.29, 0.717) is 19.3 Å². The molecule has 0 aliphatic heterocycles. The summed E-state index contributed by atoms with van der Waals surface area (Å²) in [7, 11) is 0. The molecule has 0 aliphatic carbocycles. The van der Waals surface area contributed by atoms with E-state index < -0.39 is 6.10 Å². The Labute approximate surface area is 393 Å². The van der Waals surface area contributed by atoms with Gasteiger partial charge in [-0.15, -0.1) is 0 Å². The van der Waals surface area contributed by atoms with E-state index in [1.54, 1.807) is 0 Å². The van der Waals surface area contributed by atoms with Gasteiger partial charge in [-0.1, -0.05) is 279 Å². The molecule has 0 saturated carbocycles. The molecule has 2 atom stereocenters. The van der Waals surface area contributed by atoms with Crippen LogP contribution in [0.4, 0.5) is 0 Å². The summed E-state index contributed by atoms with van der Waals surface area (Å²) in [6, 6.07) is 0. The number of carbonyl (C=O) groups excluding carboxylic acids is 3. The molecule has 0 rings (SSSR count). The van der Waals surface area contributed by atoms with E-state index in [2.05, 4.69) is 34.6 Å². The topological polar surface area (TPSA) is 78.9 Å². The highest BCUT2D eigenvalue weighted by atomic mass is 16.6. The molecule has 0 spiro atoms. The zero-order valence-corrected chi connectivity index (χ0v) is 43.2. The number of unbranched alkanes of at least 4 members (excludes halogenated alkanes) is 35. The Hall–Kier alpha value is -1.59. The van der Waals surface area contributed by atoms with Crippen LogP contribution in [0.5, 0.6) is 0 Å². The zero-order valence-electron chi connectivity index (χ0n) is 43.2. The highest BCUT2D eigenvalue weighted by Gasteiger charge is 2.19. The molecule has 374 valence electrons. The van der Waals surface area contributed by atoms with Crippen LogP contribution < -0.4 is 0 Å². The largest absolute Gasteiger partial charge is 0.462 e. The van der Waals surface area contributed by atoms with Gasteiger partial charge in [0.05, 0.1) is 0 Å². The van der Waals surface area contributed by atoms with E-state index in [4.69, 9.17) is 14.2 Å². The molecule has 1 unspecified atom stereocenters. The van der Waals surface area contributed by atoms with Crippen molar-refractivity contribution in [1.82, 2.24) is 0 Å². The van der Waals surface area contributed by atoms with Gasteiger partial charge in [-0.3, -0.25) is 14.4 Å². The molecular formula is C57H110O6. The standard InChI is InChI=1S/C57H110O6/c1-6-8-9-10-11-12-13-14-15-19-22-25-28-31-37-42-47-55(58)61-50-54(51-62-56(59)48-43-38-34-33-36-41-46-53(5)7-2)63-57(60)49-44-39-32-29-26-23-20-17-16-18-21-24-27-30-35-40-45-52(3)4/h52-54H,6-51H2,1-5H3/t53?,54-/m0/s1. The highest BCUT2D eigenvalue weighted by molar-refractivity contribution is 5.71. The van der Waals surface area contributed by atoms with E-state index in [-0.39, 0.29) is 31.1 Å². The lowest BCUT2D eigenvalue weighted by atomic mass is 10.00. The minimum absolute atomic E-state index is 0.0636. The van der Waals surface area contributed by atoms with Crippen molar-refractivity contribution in [3.05, 3.63) is 0 Å². The Bertz CT molecular complexity index is 964. The normalized spacial score (nSPS) is 12.5. The molecule has 0 saturated heterocycles. The van der Waals surface area contributed by atoms with Crippen LogP contribution in [0.1, 0.15) is 317 Å². The second-order valence-corrected chi connectivity index (χ2v) is 20.3. The van der Waals surface area contributed by atoms with Crippen molar-refractivity contribution in [2.24, 2.45) is 11.8 Å². The molecule has 0 aliphatic rings. The predicted molar refractivity (Wildman–Crippen MR) is 270 cm³/mol. The SMILES string of the molecule is CCCCCCCCCCCCCCCCCCC(=O)OC[C@@H](COC(=O)CCCCCCCCC(C)CC)OC(=O)CCCCCCCCCCCCCCCCCCC(C)C. The molecule has 6 heteroatoms. The Kier molecular flexibility index (Phi) is 48.6. The highest BCUT2D eigenvalue weighted by Crippen LogP contribution is 2.18. The average molecular weight is 892 g/mol. The Morgan fingerprint density at radius 3 is 0.905 bits per heavy atom. The quantitative estimate of drug-likeness (QED) is 0.0344. The fourth-order valence-electron chi connectivity index (χ4n) is 8.66. The van der Waals surface area contributed by atoms with Crippen LogP contribution in [0.2, 0.25) is 0 Å². The summed E-state index contributed by atoms with van der Waals surface area (Å²) in [5, 5.41) is 0. The van der Waals surface area contributed by atoms with Crippen LogP contribution >= 0.6 is 0 Å². The maximum Gasteiger partial charge on any atom is 0.306 e. The van der Waals surface area contributed by atoms with E-state index >= 15 is 0 Å². The average Bonchev–Trinajstić information content (AvgIpc) is 3.27. The maximum atomic E-state index is 12.8. The molecule has 0 aromatic heterocycles. The number of esters is 3. The number of ether oxygens (including phenoxy) is 3. The Balaban J connectivity index is 4.25. The van der Waals surface area contributed by atoms with Crippen molar-refractivity contribution >= 4 is 17.9 Å². The van der Waals surface area contributed by atoms with Crippen LogP contribution in [-0.4, -0.2) is 37.2 Å². The minimum Gasteiger partial charge on any atom is -0.462 e. The number of hydrogen-bond acceptors (Lipinski definition) is 6. The maximum absolute atomic E-state index is 12.8. The van der Waals surface area contributed by atoms with Gasteiger partial charge < -0.3 is 14.2 Å². The molecule has 0 aromatic carbocycles. The van der Waals surface area contributed by atoms with Crippen molar-refractivity contribution in [2.45, 2.75) is 323 Å². The van der Waals surface area contributed by atoms with Gasteiger partial charge in [-0.2, -0.15) is 0 Å². The third-order valence-corrected chi connectivity index (χ3v) is 13.3. The van der Waals surface area contributed by atoms with E-state index in [1.807, 2.05) is 0 Å². The van der Waals surface area contributed by atoms with Gasteiger partial charge >= 0.3 is 17.9 Å². The summed E-state index contributed by atoms with van der Waals surface area (Å²) in [5.41, 5.74) is 0. The van der Waals surface area contributed by atoms with Crippen molar-refractivity contribution in [2.75, 3.05) is 13.2 Å². The van der Waals surface area contributed by atoms with Crippen molar-refractivity contribution in [3.8, 4) is 0 Å². The van der Waals surface area contributed by atoms with Gasteiger partial charge in [-0.05, 0) is 31.1 Å². The third kappa shape index (κ3) is 49.7. The molecule has 0 fully saturated rings. The Morgan fingerprint density at radius 1 is 0.333 bits per heavy atom. The summed E-state index contributed by atoms with van der Waals surface area (Å²) in [5.74, 6) is 0.821. The fourth-order valence-corrected chi connectivity index (χ4v) is 8.66. The monoisotopic (exact) mass is 891 g/mol. The van der Waals surface area contributed by atoms with Gasteiger partial charge in [-0.25, -0.2) is 0 Å². The minimum atomic E-state index is -0.763. The number of rotatable bonds is 51. The Morgan fingerprint density at radius 2 is 0.603 bits per heavy atom. The first-order chi connectivity index (χ1) is 30.8. The molecule has 0 heterocycles. The van der Waals surface area contributed by atoms with Crippen molar-refractivity contribution < 1.29 is 28.6 Å². The molecule has 0 amide bonds. The molecule has 63 heavy (non-hydrogen) atoms. The first-order valence-electron chi connectivity index (χ1n) is 28.3. The first-order valence-corrected chi connectivity index (χ1v) is 28.3. The van der Waals surface area contributed by atoms with Gasteiger partial charge in [0.15, 0.2) is 6.10 Å². The summed E-state index contributed by atoms with van der Waals surface area (Å²) < 4.78 is 16.9. The van der Waals surface area contributed by atoms with E-state index in [1.165, 1.54) is 205 Å². The lowest BCUT2D eigenvalue weighted by molar-refractivity contribution is -0.167. The van der Waals surface area contributed by atoms with Crippen LogP contribution in [0, 0.1) is 11.8 Å². The van der Waals surface area contributed by atoms with Crippen LogP contribution in [-0.2, 0) is 28.6 Å². The summed E-state index contributed by atoms with van der Waals surface area (Å²) >= 11 is 0. The third-order valence-electron chi connectivity index (χ3n) is 13.3. The van der Waals surface area contributed by atoms with E-state index in [9.17, 15) is 14.4 Å². The fraction of sp³-hybridized carbons (Fsp3) is 0.947. The van der Waals surface area contributed by atoms with Gasteiger partial charge in [0.2, 0.25) is 0 Å². The number of carbonyl (C=O) groups is 3. The van der Waals surface area contributed by atoms with Crippen molar-refractivity contribution in [3.63, 3.8) is 0 Å². The van der Waals surface area contributed by atoms with Crippen LogP contribution in [0.15, 0.2) is 0 Å². The summed E-state index contributed by atoms with van der Waals surface area (Å²) in [6.07, 6.45) is 52.4. The summed E-state index contributed by atoms with van der Waals surface area (Å²) in [4.78, 5) is 38.0. The molecule has 0 radical (unpaired) electrons. The lowest BCUT2D eigenvalue weighted by Gasteiger charge is -2.18. The molecule has 6 nitrogen and oxygen atoms in total. The van der Waals surface area contributed by atoms with E-state index in [0.717, 1.165) is 69.6 Å². The zero-order chi connectivity index (χ0) is 46.1. The molecule has 0 aromatic rings. The molecular weight excluding hydrogens is 781 g/mol. The number of hydrogen-bond donors (Lipinski definition) is 0. The van der Waals surface area contributed by atoms with Crippen molar-refractivity contribution in [1.29, 1.82) is 0 Å². The lowest BCUT2D eigenvalue weighted by Crippen LogP contribution is -2.30. The second-order valence-electron chi connectivity index (χ2n) is 20.3. The van der Waals surface area contributed by atoms with Gasteiger partial charge in [0.1, 0.15) is 13.2 Å². The molecule has 0 N–H and O–H groups in total. The first kappa shape index (κ1) is 61.4. The summed E-state index contributed by atoms with van der Waals surface area (Å²) in [6.45, 7) is 11.4. The predicted octanol–water partition coefficient (Wildman–Crippen LogP) is 18.5. The molecule has 0 bridgehead atoms. The van der Waals surface area contributed by atoms with Gasteiger partial charge in [0.25, 0.3) is 0 Å². The van der Waals surface area contributed by atoms with Crippen LogP contribution in [0.3, 0.4) is 0 Å². The van der Waals surface area contributed by atoms with Crippen LogP contribution in [0.25, 0.3) is 0 Å².